The highest BCUT2D eigenvalue weighted by molar-refractivity contribution is 5.98. The van der Waals surface area contributed by atoms with Gasteiger partial charge in [0.25, 0.3) is 11.6 Å². The third-order valence-electron chi connectivity index (χ3n) is 3.03. The molecule has 1 saturated heterocycles. The highest BCUT2D eigenvalue weighted by Gasteiger charge is 2.23. The molecule has 0 unspecified atom stereocenters. The monoisotopic (exact) mass is 303 g/mol. The van der Waals surface area contributed by atoms with Gasteiger partial charge < -0.3 is 10.6 Å². The van der Waals surface area contributed by atoms with E-state index in [4.69, 9.17) is 0 Å². The van der Waals surface area contributed by atoms with E-state index in [2.05, 4.69) is 10.6 Å². The van der Waals surface area contributed by atoms with Gasteiger partial charge in [0.05, 0.1) is 4.92 Å². The number of nitro groups is 1. The zero-order chi connectivity index (χ0) is 13.8. The van der Waals surface area contributed by atoms with Crippen LogP contribution in [0.25, 0.3) is 0 Å². The van der Waals surface area contributed by atoms with Crippen LogP contribution in [0.3, 0.4) is 0 Å². The van der Waals surface area contributed by atoms with Gasteiger partial charge in [-0.15, -0.1) is 12.4 Å². The van der Waals surface area contributed by atoms with Gasteiger partial charge in [0, 0.05) is 18.7 Å². The van der Waals surface area contributed by atoms with Gasteiger partial charge in [-0.3, -0.25) is 14.9 Å². The van der Waals surface area contributed by atoms with Crippen LogP contribution in [0.1, 0.15) is 23.2 Å². The van der Waals surface area contributed by atoms with Crippen molar-refractivity contribution in [3.63, 3.8) is 0 Å². The first kappa shape index (κ1) is 16.3. The number of hydrogen-bond donors (Lipinski definition) is 2. The molecule has 0 bridgehead atoms. The molecule has 1 fully saturated rings. The first-order chi connectivity index (χ1) is 9.08. The van der Waals surface area contributed by atoms with Crippen LogP contribution in [0.5, 0.6) is 0 Å². The van der Waals surface area contributed by atoms with Gasteiger partial charge in [-0.25, -0.2) is 4.39 Å². The standard InChI is InChI=1S/C12H14FN3O3.ClH/c13-8-3-4-11(16(18)19)10(6-8)12(17)15-9-2-1-5-14-7-9;/h3-4,6,9,14H,1-2,5,7H2,(H,15,17);1H/t9-;/m0./s1. The average molecular weight is 304 g/mol. The van der Waals surface area contributed by atoms with Crippen LogP contribution in [0.4, 0.5) is 10.1 Å². The van der Waals surface area contributed by atoms with Gasteiger partial charge in [0.1, 0.15) is 11.4 Å². The molecule has 1 aliphatic heterocycles. The number of nitro benzene ring substituents is 1. The van der Waals surface area contributed by atoms with E-state index in [0.29, 0.717) is 6.54 Å². The quantitative estimate of drug-likeness (QED) is 0.657. The first-order valence-corrected chi connectivity index (χ1v) is 6.03. The molecule has 110 valence electrons. The van der Waals surface area contributed by atoms with Gasteiger partial charge >= 0.3 is 0 Å². The lowest BCUT2D eigenvalue weighted by molar-refractivity contribution is -0.385. The zero-order valence-corrected chi connectivity index (χ0v) is 11.4. The summed E-state index contributed by atoms with van der Waals surface area (Å²) >= 11 is 0. The van der Waals surface area contributed by atoms with E-state index in [1.54, 1.807) is 0 Å². The summed E-state index contributed by atoms with van der Waals surface area (Å²) in [4.78, 5) is 22.1. The second kappa shape index (κ2) is 7.16. The predicted molar refractivity (Wildman–Crippen MR) is 73.7 cm³/mol. The fourth-order valence-corrected chi connectivity index (χ4v) is 2.09. The summed E-state index contributed by atoms with van der Waals surface area (Å²) in [7, 11) is 0. The Hall–Kier alpha value is -1.73. The number of nitrogens with zero attached hydrogens (tertiary/aromatic N) is 1. The molecule has 2 rings (SSSR count). The van der Waals surface area contributed by atoms with E-state index in [0.717, 1.165) is 37.6 Å². The van der Waals surface area contributed by atoms with E-state index in [9.17, 15) is 19.3 Å². The van der Waals surface area contributed by atoms with Crippen molar-refractivity contribution >= 4 is 24.0 Å². The van der Waals surface area contributed by atoms with Gasteiger partial charge in [-0.1, -0.05) is 0 Å². The number of rotatable bonds is 3. The summed E-state index contributed by atoms with van der Waals surface area (Å²) in [5, 5.41) is 16.6. The second-order valence-corrected chi connectivity index (χ2v) is 4.44. The number of benzene rings is 1. The first-order valence-electron chi connectivity index (χ1n) is 6.03. The maximum Gasteiger partial charge on any atom is 0.282 e. The highest BCUT2D eigenvalue weighted by Crippen LogP contribution is 2.19. The fourth-order valence-electron chi connectivity index (χ4n) is 2.09. The molecule has 6 nitrogen and oxygen atoms in total. The largest absolute Gasteiger partial charge is 0.348 e. The molecular formula is C12H15ClFN3O3. The Bertz CT molecular complexity index is 507. The molecule has 2 N–H and O–H groups in total. The Morgan fingerprint density at radius 3 is 2.85 bits per heavy atom. The van der Waals surface area contributed by atoms with Gasteiger partial charge in [0.2, 0.25) is 0 Å². The third-order valence-corrected chi connectivity index (χ3v) is 3.03. The lowest BCUT2D eigenvalue weighted by Gasteiger charge is -2.23. The fraction of sp³-hybridized carbons (Fsp3) is 0.417. The summed E-state index contributed by atoms with van der Waals surface area (Å²) in [6.07, 6.45) is 1.73. The summed E-state index contributed by atoms with van der Waals surface area (Å²) in [6, 6.07) is 2.79. The molecule has 20 heavy (non-hydrogen) atoms. The zero-order valence-electron chi connectivity index (χ0n) is 10.6. The van der Waals surface area contributed by atoms with Crippen molar-refractivity contribution in [2.75, 3.05) is 13.1 Å². The van der Waals surface area contributed by atoms with E-state index in [1.165, 1.54) is 0 Å². The topological polar surface area (TPSA) is 84.3 Å². The highest BCUT2D eigenvalue weighted by atomic mass is 35.5. The van der Waals surface area contributed by atoms with Crippen molar-refractivity contribution in [2.45, 2.75) is 18.9 Å². The molecule has 0 spiro atoms. The summed E-state index contributed by atoms with van der Waals surface area (Å²) in [6.45, 7) is 1.52. The van der Waals surface area contributed by atoms with E-state index >= 15 is 0 Å². The molecule has 0 aromatic heterocycles. The lowest BCUT2D eigenvalue weighted by atomic mass is 10.1. The summed E-state index contributed by atoms with van der Waals surface area (Å²) in [5.41, 5.74) is -0.627. The molecule has 8 heteroatoms. The number of piperidine rings is 1. The van der Waals surface area contributed by atoms with Crippen molar-refractivity contribution < 1.29 is 14.1 Å². The second-order valence-electron chi connectivity index (χ2n) is 4.44. The van der Waals surface area contributed by atoms with Gasteiger partial charge in [-0.2, -0.15) is 0 Å². The van der Waals surface area contributed by atoms with Crippen molar-refractivity contribution in [3.8, 4) is 0 Å². The van der Waals surface area contributed by atoms with Crippen molar-refractivity contribution in [2.24, 2.45) is 0 Å². The Morgan fingerprint density at radius 1 is 1.50 bits per heavy atom. The molecule has 1 atom stereocenters. The summed E-state index contributed by atoms with van der Waals surface area (Å²) < 4.78 is 13.1. The van der Waals surface area contributed by atoms with Gasteiger partial charge in [-0.05, 0) is 31.5 Å². The number of carbonyl (C=O) groups excluding carboxylic acids is 1. The van der Waals surface area contributed by atoms with Crippen LogP contribution in [0.15, 0.2) is 18.2 Å². The molecule has 1 aliphatic rings. The molecule has 0 radical (unpaired) electrons. The molecule has 1 aromatic rings. The predicted octanol–water partition coefficient (Wildman–Crippen LogP) is 1.64. The molecule has 0 saturated carbocycles. The maximum absolute atomic E-state index is 13.1. The Kier molecular flexibility index (Phi) is 5.84. The Balaban J connectivity index is 0.00000200. The number of halogens is 2. The molecule has 0 aliphatic carbocycles. The lowest BCUT2D eigenvalue weighted by Crippen LogP contribution is -2.45. The van der Waals surface area contributed by atoms with E-state index < -0.39 is 16.6 Å². The van der Waals surface area contributed by atoms with E-state index in [1.807, 2.05) is 0 Å². The van der Waals surface area contributed by atoms with E-state index in [-0.39, 0.29) is 29.7 Å². The summed E-state index contributed by atoms with van der Waals surface area (Å²) in [5.74, 6) is -1.28. The molecular weight excluding hydrogens is 289 g/mol. The number of carbonyl (C=O) groups is 1. The van der Waals surface area contributed by atoms with Crippen molar-refractivity contribution in [1.82, 2.24) is 10.6 Å². The van der Waals surface area contributed by atoms with Crippen molar-refractivity contribution in [1.29, 1.82) is 0 Å². The minimum atomic E-state index is -0.687. The number of amides is 1. The average Bonchev–Trinajstić information content (AvgIpc) is 2.39. The van der Waals surface area contributed by atoms with Crippen LogP contribution in [-0.2, 0) is 0 Å². The molecule has 1 amide bonds. The molecule has 1 aromatic carbocycles. The van der Waals surface area contributed by atoms with Crippen molar-refractivity contribution in [3.05, 3.63) is 39.7 Å². The Labute approximate surface area is 121 Å². The SMILES string of the molecule is Cl.O=C(N[C@H]1CCCNC1)c1cc(F)ccc1[N+](=O)[O-]. The Morgan fingerprint density at radius 2 is 2.25 bits per heavy atom. The number of nitrogens with one attached hydrogen (secondary N) is 2. The third kappa shape index (κ3) is 3.88. The van der Waals surface area contributed by atoms with Gasteiger partial charge in [0.15, 0.2) is 0 Å². The minimum Gasteiger partial charge on any atom is -0.348 e. The normalized spacial score (nSPS) is 17.9. The van der Waals surface area contributed by atoms with Crippen LogP contribution in [-0.4, -0.2) is 30.0 Å². The smallest absolute Gasteiger partial charge is 0.282 e. The minimum absolute atomic E-state index is 0. The van der Waals surface area contributed by atoms with Crippen LogP contribution in [0.2, 0.25) is 0 Å². The number of hydrogen-bond acceptors (Lipinski definition) is 4. The van der Waals surface area contributed by atoms with Crippen LogP contribution in [0, 0.1) is 15.9 Å². The van der Waals surface area contributed by atoms with Crippen LogP contribution < -0.4 is 10.6 Å². The molecule has 1 heterocycles. The van der Waals surface area contributed by atoms with Crippen LogP contribution >= 0.6 is 12.4 Å². The maximum atomic E-state index is 13.1.